The van der Waals surface area contributed by atoms with E-state index in [1.165, 1.54) is 0 Å². The number of ketones is 1. The van der Waals surface area contributed by atoms with Crippen LogP contribution in [0.15, 0.2) is 54.6 Å². The molecule has 0 radical (unpaired) electrons. The van der Waals surface area contributed by atoms with E-state index in [0.717, 1.165) is 22.9 Å². The lowest BCUT2D eigenvalue weighted by Gasteiger charge is -2.27. The molecule has 2 heterocycles. The minimum atomic E-state index is -0.600. The first-order chi connectivity index (χ1) is 14.9. The monoisotopic (exact) mass is 420 g/mol. The Morgan fingerprint density at radius 1 is 1.06 bits per heavy atom. The predicted molar refractivity (Wildman–Crippen MR) is 115 cm³/mol. The fourth-order valence-electron chi connectivity index (χ4n) is 3.74. The largest absolute Gasteiger partial charge is 0.486 e. The molecule has 0 saturated carbocycles. The molecule has 1 amide bonds. The van der Waals surface area contributed by atoms with Crippen LogP contribution in [0.4, 0.5) is 0 Å². The number of Topliss-reactive ketones (excluding diaryl/α,β-unsaturated/α-hetero) is 1. The molecule has 0 fully saturated rings. The Morgan fingerprint density at radius 2 is 1.77 bits per heavy atom. The van der Waals surface area contributed by atoms with E-state index in [9.17, 15) is 9.59 Å². The average molecular weight is 420 g/mol. The first kappa shape index (κ1) is 20.5. The molecule has 0 saturated heterocycles. The van der Waals surface area contributed by atoms with Gasteiger partial charge in [-0.2, -0.15) is 0 Å². The van der Waals surface area contributed by atoms with Crippen molar-refractivity contribution in [1.29, 1.82) is 0 Å². The number of para-hydroxylation sites is 3. The van der Waals surface area contributed by atoms with Crippen molar-refractivity contribution >= 4 is 11.7 Å². The summed E-state index contributed by atoms with van der Waals surface area (Å²) >= 11 is 0. The molecule has 2 N–H and O–H groups in total. The number of amides is 1. The highest BCUT2D eigenvalue weighted by atomic mass is 16.6. The van der Waals surface area contributed by atoms with Gasteiger partial charge in [0.05, 0.1) is 12.1 Å². The number of hydrogen-bond donors (Lipinski definition) is 1. The molecular weight excluding hydrogens is 396 g/mol. The minimum Gasteiger partial charge on any atom is -0.486 e. The number of aryl methyl sites for hydroxylation is 1. The molecule has 1 atom stereocenters. The Balaban J connectivity index is 1.46. The fourth-order valence-corrected chi connectivity index (χ4v) is 3.74. The van der Waals surface area contributed by atoms with Gasteiger partial charge < -0.3 is 24.5 Å². The maximum absolute atomic E-state index is 12.8. The van der Waals surface area contributed by atoms with Gasteiger partial charge in [0.1, 0.15) is 12.4 Å². The van der Waals surface area contributed by atoms with Gasteiger partial charge in [-0.25, -0.2) is 0 Å². The number of ether oxygens (including phenoxy) is 3. The molecule has 31 heavy (non-hydrogen) atoms. The number of fused-ring (bicyclic) bond motifs is 1. The van der Waals surface area contributed by atoms with Gasteiger partial charge >= 0.3 is 0 Å². The smallest absolute Gasteiger partial charge is 0.252 e. The Kier molecular flexibility index (Phi) is 5.66. The maximum Gasteiger partial charge on any atom is 0.252 e. The third kappa shape index (κ3) is 4.26. The summed E-state index contributed by atoms with van der Waals surface area (Å²) in [5.74, 6) is 0.980. The van der Waals surface area contributed by atoms with Crippen molar-refractivity contribution in [3.63, 3.8) is 0 Å². The Morgan fingerprint density at radius 3 is 2.55 bits per heavy atom. The molecule has 0 aliphatic carbocycles. The molecule has 0 bridgehead atoms. The van der Waals surface area contributed by atoms with Gasteiger partial charge in [0, 0.05) is 17.0 Å². The van der Waals surface area contributed by atoms with Crippen LogP contribution in [0.3, 0.4) is 0 Å². The summed E-state index contributed by atoms with van der Waals surface area (Å²) in [5.41, 5.74) is 7.97. The number of nitrogens with two attached hydrogens (primary N) is 1. The quantitative estimate of drug-likeness (QED) is 0.592. The molecule has 2 aromatic carbocycles. The summed E-state index contributed by atoms with van der Waals surface area (Å²) in [7, 11) is 0. The van der Waals surface area contributed by atoms with Crippen molar-refractivity contribution < 1.29 is 23.8 Å². The van der Waals surface area contributed by atoms with E-state index in [1.807, 2.05) is 48.7 Å². The number of nitrogens with zero attached hydrogens (tertiary/aromatic N) is 1. The maximum atomic E-state index is 12.8. The van der Waals surface area contributed by atoms with E-state index in [4.69, 9.17) is 19.9 Å². The van der Waals surface area contributed by atoms with Gasteiger partial charge in [-0.3, -0.25) is 9.59 Å². The average Bonchev–Trinajstić information content (AvgIpc) is 3.06. The van der Waals surface area contributed by atoms with Crippen molar-refractivity contribution in [1.82, 2.24) is 4.57 Å². The van der Waals surface area contributed by atoms with E-state index in [2.05, 4.69) is 0 Å². The number of rotatable bonds is 7. The first-order valence-electron chi connectivity index (χ1n) is 10.0. The first-order valence-corrected chi connectivity index (χ1v) is 10.0. The minimum absolute atomic E-state index is 0.165. The molecular formula is C24H24N2O5. The second-order valence-corrected chi connectivity index (χ2v) is 7.47. The highest BCUT2D eigenvalue weighted by Crippen LogP contribution is 2.31. The van der Waals surface area contributed by atoms with Gasteiger partial charge in [-0.15, -0.1) is 0 Å². The van der Waals surface area contributed by atoms with Gasteiger partial charge in [0.2, 0.25) is 5.78 Å². The van der Waals surface area contributed by atoms with Crippen LogP contribution in [0.25, 0.3) is 0 Å². The molecule has 7 nitrogen and oxygen atoms in total. The normalized spacial score (nSPS) is 14.8. The zero-order valence-electron chi connectivity index (χ0n) is 17.5. The molecule has 3 aromatic rings. The molecule has 160 valence electrons. The van der Waals surface area contributed by atoms with Crippen molar-refractivity contribution in [3.05, 3.63) is 77.1 Å². The molecule has 1 unspecified atom stereocenters. The third-order valence-electron chi connectivity index (χ3n) is 5.34. The Bertz CT molecular complexity index is 1130. The summed E-state index contributed by atoms with van der Waals surface area (Å²) in [4.78, 5) is 24.4. The van der Waals surface area contributed by atoms with Gasteiger partial charge in [0.15, 0.2) is 24.2 Å². The van der Waals surface area contributed by atoms with Crippen molar-refractivity contribution in [3.8, 4) is 17.2 Å². The Labute approximate surface area is 180 Å². The van der Waals surface area contributed by atoms with Crippen LogP contribution in [0.2, 0.25) is 0 Å². The number of aromatic nitrogens is 1. The zero-order chi connectivity index (χ0) is 22.0. The highest BCUT2D eigenvalue weighted by Gasteiger charge is 2.24. The Hall–Kier alpha value is -3.74. The number of benzene rings is 2. The second-order valence-electron chi connectivity index (χ2n) is 7.47. The summed E-state index contributed by atoms with van der Waals surface area (Å²) in [6, 6.07) is 16.0. The van der Waals surface area contributed by atoms with Crippen LogP contribution in [0.5, 0.6) is 17.2 Å². The van der Waals surface area contributed by atoms with Crippen LogP contribution in [-0.2, 0) is 6.54 Å². The third-order valence-corrected chi connectivity index (χ3v) is 5.34. The zero-order valence-corrected chi connectivity index (χ0v) is 17.5. The molecule has 7 heteroatoms. The van der Waals surface area contributed by atoms with Gasteiger partial charge in [0.25, 0.3) is 5.91 Å². The van der Waals surface area contributed by atoms with Gasteiger partial charge in [-0.05, 0) is 44.2 Å². The van der Waals surface area contributed by atoms with E-state index in [1.54, 1.807) is 24.3 Å². The number of primary amides is 1. The van der Waals surface area contributed by atoms with E-state index < -0.39 is 5.91 Å². The predicted octanol–water partition coefficient (Wildman–Crippen LogP) is 3.31. The van der Waals surface area contributed by atoms with Crippen LogP contribution in [-0.4, -0.2) is 35.6 Å². The second kappa shape index (κ2) is 8.55. The molecule has 0 spiro atoms. The lowest BCUT2D eigenvalue weighted by molar-refractivity contribution is 0.0777. The molecule has 1 aliphatic rings. The summed E-state index contributed by atoms with van der Waals surface area (Å²) in [6.45, 7) is 4.65. The van der Waals surface area contributed by atoms with Crippen LogP contribution < -0.4 is 19.9 Å². The summed E-state index contributed by atoms with van der Waals surface area (Å²) in [6.07, 6.45) is -0.165. The number of carbonyl (C=O) groups excluding carboxylic acids is 2. The molecule has 1 aliphatic heterocycles. The highest BCUT2D eigenvalue weighted by molar-refractivity contribution is 5.99. The van der Waals surface area contributed by atoms with E-state index in [0.29, 0.717) is 24.5 Å². The van der Waals surface area contributed by atoms with Crippen molar-refractivity contribution in [2.75, 3.05) is 13.2 Å². The standard InChI is InChI=1S/C24H24N2O5/c1-15-11-19(20(27)14-30-21-8-4-3-7-18(21)24(25)28)16(2)26(15)12-17-13-29-22-9-5-6-10-23(22)31-17/h3-11,17H,12-14H2,1-2H3,(H2,25,28). The lowest BCUT2D eigenvalue weighted by atomic mass is 10.1. The van der Waals surface area contributed by atoms with Crippen molar-refractivity contribution in [2.24, 2.45) is 5.73 Å². The topological polar surface area (TPSA) is 92.8 Å². The van der Waals surface area contributed by atoms with E-state index >= 15 is 0 Å². The summed E-state index contributed by atoms with van der Waals surface area (Å²) < 4.78 is 19.5. The fraction of sp³-hybridized carbons (Fsp3) is 0.250. The SMILES string of the molecule is Cc1cc(C(=O)COc2ccccc2C(N)=O)c(C)n1CC1COc2ccccc2O1. The van der Waals surface area contributed by atoms with Gasteiger partial charge in [-0.1, -0.05) is 24.3 Å². The number of hydrogen-bond acceptors (Lipinski definition) is 5. The lowest BCUT2D eigenvalue weighted by Crippen LogP contribution is -2.33. The summed E-state index contributed by atoms with van der Waals surface area (Å²) in [5, 5.41) is 0. The number of carbonyl (C=O) groups is 2. The molecule has 4 rings (SSSR count). The van der Waals surface area contributed by atoms with Crippen LogP contribution in [0.1, 0.15) is 32.1 Å². The van der Waals surface area contributed by atoms with Crippen LogP contribution >= 0.6 is 0 Å². The van der Waals surface area contributed by atoms with Crippen LogP contribution in [0, 0.1) is 13.8 Å². The molecule has 1 aromatic heterocycles. The van der Waals surface area contributed by atoms with Crippen molar-refractivity contribution in [2.45, 2.75) is 26.5 Å². The van der Waals surface area contributed by atoms with E-state index in [-0.39, 0.29) is 24.1 Å².